The molecule has 2 aliphatic rings. The fraction of sp³-hybridized carbons (Fsp3) is 0.550. The zero-order valence-electron chi connectivity index (χ0n) is 15.9. The number of ketones is 1. The van der Waals surface area contributed by atoms with Gasteiger partial charge in [-0.1, -0.05) is 30.3 Å². The van der Waals surface area contributed by atoms with Crippen LogP contribution in [-0.4, -0.2) is 48.4 Å². The lowest BCUT2D eigenvalue weighted by molar-refractivity contribution is -0.192. The number of cyclic esters (lactones) is 1. The molecule has 0 N–H and O–H groups in total. The van der Waals surface area contributed by atoms with Crippen molar-refractivity contribution in [3.05, 3.63) is 35.9 Å². The Hall–Kier alpha value is -2.25. The summed E-state index contributed by atoms with van der Waals surface area (Å²) in [6, 6.07) is 9.26. The van der Waals surface area contributed by atoms with Gasteiger partial charge in [-0.3, -0.25) is 9.59 Å². The molecular formula is C20H24O7. The van der Waals surface area contributed by atoms with Crippen LogP contribution in [0.2, 0.25) is 0 Å². The van der Waals surface area contributed by atoms with E-state index in [0.29, 0.717) is 0 Å². The van der Waals surface area contributed by atoms with Gasteiger partial charge in [-0.15, -0.1) is 0 Å². The third-order valence-electron chi connectivity index (χ3n) is 5.00. The number of rotatable bonds is 6. The molecule has 2 aliphatic heterocycles. The normalized spacial score (nSPS) is 28.1. The molecule has 0 saturated carbocycles. The molecule has 7 nitrogen and oxygen atoms in total. The molecule has 2 saturated heterocycles. The highest BCUT2D eigenvalue weighted by atomic mass is 16.8. The van der Waals surface area contributed by atoms with E-state index in [9.17, 15) is 14.4 Å². The number of carbonyl (C=O) groups is 3. The summed E-state index contributed by atoms with van der Waals surface area (Å²) in [5.74, 6) is -2.39. The first kappa shape index (κ1) is 19.5. The largest absolute Gasteiger partial charge is 0.461 e. The Morgan fingerprint density at radius 3 is 2.48 bits per heavy atom. The van der Waals surface area contributed by atoms with Gasteiger partial charge in [0.15, 0.2) is 18.0 Å². The molecule has 0 bridgehead atoms. The van der Waals surface area contributed by atoms with E-state index >= 15 is 0 Å². The lowest BCUT2D eigenvalue weighted by atomic mass is 9.80. The van der Waals surface area contributed by atoms with E-state index in [2.05, 4.69) is 0 Å². The van der Waals surface area contributed by atoms with Crippen molar-refractivity contribution in [3.8, 4) is 0 Å². The first-order chi connectivity index (χ1) is 12.6. The van der Waals surface area contributed by atoms with Crippen LogP contribution in [0.15, 0.2) is 30.3 Å². The Morgan fingerprint density at radius 2 is 1.85 bits per heavy atom. The van der Waals surface area contributed by atoms with E-state index in [1.54, 1.807) is 20.8 Å². The SMILES string of the molecule is CC(=O)[C@](C)(Cc1ccccc1)C(=O)OC[C@H]1OC(=O)[C@@H]2OC(C)(C)O[C@H]12. The monoisotopic (exact) mass is 376 g/mol. The molecule has 3 rings (SSSR count). The highest BCUT2D eigenvalue weighted by Gasteiger charge is 2.56. The molecular weight excluding hydrogens is 352 g/mol. The Bertz CT molecular complexity index is 742. The molecule has 0 aliphatic carbocycles. The number of ether oxygens (including phenoxy) is 4. The van der Waals surface area contributed by atoms with Crippen molar-refractivity contribution in [2.45, 2.75) is 58.2 Å². The van der Waals surface area contributed by atoms with E-state index in [1.807, 2.05) is 30.3 Å². The van der Waals surface area contributed by atoms with Gasteiger partial charge < -0.3 is 18.9 Å². The number of fused-ring (bicyclic) bond motifs is 1. The van der Waals surface area contributed by atoms with Crippen LogP contribution < -0.4 is 0 Å². The first-order valence-corrected chi connectivity index (χ1v) is 8.91. The lowest BCUT2D eigenvalue weighted by Gasteiger charge is -2.26. The second-order valence-corrected chi connectivity index (χ2v) is 7.65. The second-order valence-electron chi connectivity index (χ2n) is 7.65. The Morgan fingerprint density at radius 1 is 1.19 bits per heavy atom. The summed E-state index contributed by atoms with van der Waals surface area (Å²) in [5.41, 5.74) is -0.468. The van der Waals surface area contributed by atoms with E-state index in [-0.39, 0.29) is 18.8 Å². The van der Waals surface area contributed by atoms with Crippen LogP contribution in [0.3, 0.4) is 0 Å². The third-order valence-corrected chi connectivity index (χ3v) is 5.00. The number of benzene rings is 1. The summed E-state index contributed by atoms with van der Waals surface area (Å²) < 4.78 is 21.8. The van der Waals surface area contributed by atoms with Gasteiger partial charge in [-0.25, -0.2) is 4.79 Å². The molecule has 0 unspecified atom stereocenters. The van der Waals surface area contributed by atoms with Crippen LogP contribution in [0.4, 0.5) is 0 Å². The summed E-state index contributed by atoms with van der Waals surface area (Å²) in [5, 5.41) is 0. The zero-order chi connectivity index (χ0) is 19.8. The molecule has 27 heavy (non-hydrogen) atoms. The van der Waals surface area contributed by atoms with Gasteiger partial charge in [0, 0.05) is 0 Å². The molecule has 1 aromatic rings. The van der Waals surface area contributed by atoms with Crippen molar-refractivity contribution >= 4 is 17.7 Å². The highest BCUT2D eigenvalue weighted by molar-refractivity contribution is 6.02. The Labute approximate surface area is 157 Å². The van der Waals surface area contributed by atoms with E-state index < -0.39 is 41.5 Å². The van der Waals surface area contributed by atoms with Crippen molar-refractivity contribution in [1.29, 1.82) is 0 Å². The van der Waals surface area contributed by atoms with Crippen molar-refractivity contribution in [1.82, 2.24) is 0 Å². The van der Waals surface area contributed by atoms with Gasteiger partial charge in [0.05, 0.1) is 0 Å². The number of esters is 2. The van der Waals surface area contributed by atoms with Crippen molar-refractivity contribution in [2.75, 3.05) is 6.61 Å². The van der Waals surface area contributed by atoms with Gasteiger partial charge in [0.1, 0.15) is 23.9 Å². The summed E-state index contributed by atoms with van der Waals surface area (Å²) in [7, 11) is 0. The number of carbonyl (C=O) groups excluding carboxylic acids is 3. The van der Waals surface area contributed by atoms with Crippen LogP contribution in [0.25, 0.3) is 0 Å². The van der Waals surface area contributed by atoms with Crippen LogP contribution in [0, 0.1) is 5.41 Å². The minimum absolute atomic E-state index is 0.192. The predicted molar refractivity (Wildman–Crippen MR) is 93.6 cm³/mol. The minimum atomic E-state index is -1.32. The summed E-state index contributed by atoms with van der Waals surface area (Å²) in [6.07, 6.45) is -2.00. The topological polar surface area (TPSA) is 88.1 Å². The summed E-state index contributed by atoms with van der Waals surface area (Å²) >= 11 is 0. The highest BCUT2D eigenvalue weighted by Crippen LogP contribution is 2.36. The molecule has 7 heteroatoms. The molecule has 0 aromatic heterocycles. The first-order valence-electron chi connectivity index (χ1n) is 8.91. The van der Waals surface area contributed by atoms with Crippen molar-refractivity contribution < 1.29 is 33.3 Å². The predicted octanol–water partition coefficient (Wildman–Crippen LogP) is 1.81. The Balaban J connectivity index is 1.66. The molecule has 2 heterocycles. The standard InChI is InChI=1S/C20H24O7/c1-12(21)20(4,10-13-8-6-5-7-9-13)18(23)24-11-14-15-16(17(22)25-14)27-19(2,3)26-15/h5-9,14-16H,10-11H2,1-4H3/t14-,15-,16-,20+/m1/s1. The van der Waals surface area contributed by atoms with Gasteiger partial charge in [0.25, 0.3) is 0 Å². The van der Waals surface area contributed by atoms with Crippen LogP contribution >= 0.6 is 0 Å². The average Bonchev–Trinajstić information content (AvgIpc) is 3.07. The molecule has 2 fully saturated rings. The minimum Gasteiger partial charge on any atom is -0.461 e. The molecule has 0 spiro atoms. The van der Waals surface area contributed by atoms with Crippen LogP contribution in [0.5, 0.6) is 0 Å². The third kappa shape index (κ3) is 3.89. The molecule has 4 atom stereocenters. The summed E-state index contributed by atoms with van der Waals surface area (Å²) in [4.78, 5) is 36.8. The van der Waals surface area contributed by atoms with Crippen LogP contribution in [-0.2, 0) is 39.8 Å². The fourth-order valence-corrected chi connectivity index (χ4v) is 3.32. The molecule has 1 aromatic carbocycles. The smallest absolute Gasteiger partial charge is 0.338 e. The number of hydrogen-bond donors (Lipinski definition) is 0. The quantitative estimate of drug-likeness (QED) is 0.553. The van der Waals surface area contributed by atoms with Gasteiger partial charge in [-0.2, -0.15) is 0 Å². The number of hydrogen-bond acceptors (Lipinski definition) is 7. The maximum absolute atomic E-state index is 12.7. The maximum atomic E-state index is 12.7. The van der Waals surface area contributed by atoms with Crippen molar-refractivity contribution in [3.63, 3.8) is 0 Å². The van der Waals surface area contributed by atoms with Crippen molar-refractivity contribution in [2.24, 2.45) is 5.41 Å². The van der Waals surface area contributed by atoms with Gasteiger partial charge >= 0.3 is 11.9 Å². The second kappa shape index (κ2) is 7.05. The fourth-order valence-electron chi connectivity index (χ4n) is 3.32. The van der Waals surface area contributed by atoms with Crippen LogP contribution in [0.1, 0.15) is 33.3 Å². The molecule has 0 amide bonds. The average molecular weight is 376 g/mol. The van der Waals surface area contributed by atoms with Gasteiger partial charge in [0.2, 0.25) is 0 Å². The zero-order valence-corrected chi connectivity index (χ0v) is 15.9. The van der Waals surface area contributed by atoms with E-state index in [1.165, 1.54) is 6.92 Å². The van der Waals surface area contributed by atoms with Gasteiger partial charge in [-0.05, 0) is 39.7 Å². The number of Topliss-reactive ketones (excluding diaryl/α,β-unsaturated/α-hetero) is 1. The van der Waals surface area contributed by atoms with E-state index in [4.69, 9.17) is 18.9 Å². The Kier molecular flexibility index (Phi) is 5.10. The summed E-state index contributed by atoms with van der Waals surface area (Å²) in [6.45, 7) is 6.14. The molecule has 0 radical (unpaired) electrons. The lowest BCUT2D eigenvalue weighted by Crippen LogP contribution is -2.41. The maximum Gasteiger partial charge on any atom is 0.338 e. The molecule has 146 valence electrons. The van der Waals surface area contributed by atoms with E-state index in [0.717, 1.165) is 5.56 Å².